The second kappa shape index (κ2) is 3.93. The average molecular weight is 205 g/mol. The van der Waals surface area contributed by atoms with Gasteiger partial charge in [-0.2, -0.15) is 0 Å². The van der Waals surface area contributed by atoms with Gasteiger partial charge in [0.05, 0.1) is 12.2 Å². The number of Topliss-reactive ketones (excluding diaryl/α,β-unsaturated/α-hetero) is 1. The van der Waals surface area contributed by atoms with Gasteiger partial charge in [0.2, 0.25) is 0 Å². The molecule has 0 saturated heterocycles. The van der Waals surface area contributed by atoms with Gasteiger partial charge in [-0.25, -0.2) is 0 Å². The fourth-order valence-electron chi connectivity index (χ4n) is 1.68. The van der Waals surface area contributed by atoms with E-state index in [1.54, 1.807) is 0 Å². The minimum Gasteiger partial charge on any atom is -0.492 e. The largest absolute Gasteiger partial charge is 0.492 e. The molecule has 0 unspecified atom stereocenters. The lowest BCUT2D eigenvalue weighted by Crippen LogP contribution is -2.16. The number of rotatable bonds is 2. The molecule has 0 radical (unpaired) electrons. The summed E-state index contributed by atoms with van der Waals surface area (Å²) in [6.45, 7) is 4.65. The maximum absolute atomic E-state index is 11.5. The molecule has 1 N–H and O–H groups in total. The van der Waals surface area contributed by atoms with Crippen LogP contribution in [0.15, 0.2) is 18.2 Å². The summed E-state index contributed by atoms with van der Waals surface area (Å²) < 4.78 is 5.46. The SMILES string of the molecule is CC(C)Nc1ccc2c(c1)OCCC2=O. The van der Waals surface area contributed by atoms with E-state index < -0.39 is 0 Å². The highest BCUT2D eigenvalue weighted by molar-refractivity contribution is 6.00. The lowest BCUT2D eigenvalue weighted by molar-refractivity contribution is 0.0933. The van der Waals surface area contributed by atoms with Crippen molar-refractivity contribution in [2.75, 3.05) is 11.9 Å². The van der Waals surface area contributed by atoms with Gasteiger partial charge in [0.15, 0.2) is 5.78 Å². The molecule has 0 bridgehead atoms. The van der Waals surface area contributed by atoms with Gasteiger partial charge in [0.25, 0.3) is 0 Å². The molecule has 1 aromatic rings. The summed E-state index contributed by atoms with van der Waals surface area (Å²) in [6, 6.07) is 6.03. The molecule has 1 aliphatic heterocycles. The summed E-state index contributed by atoms with van der Waals surface area (Å²) in [4.78, 5) is 11.5. The van der Waals surface area contributed by atoms with Crippen LogP contribution in [0.2, 0.25) is 0 Å². The lowest BCUT2D eigenvalue weighted by Gasteiger charge is -2.18. The van der Waals surface area contributed by atoms with Crippen LogP contribution in [-0.2, 0) is 0 Å². The van der Waals surface area contributed by atoms with E-state index in [1.807, 2.05) is 18.2 Å². The molecule has 0 spiro atoms. The van der Waals surface area contributed by atoms with Crippen LogP contribution in [-0.4, -0.2) is 18.4 Å². The van der Waals surface area contributed by atoms with Crippen molar-refractivity contribution in [3.8, 4) is 5.75 Å². The summed E-state index contributed by atoms with van der Waals surface area (Å²) in [5.41, 5.74) is 1.70. The number of nitrogens with one attached hydrogen (secondary N) is 1. The number of carbonyl (C=O) groups is 1. The van der Waals surface area contributed by atoms with Crippen molar-refractivity contribution in [3.05, 3.63) is 23.8 Å². The first-order chi connectivity index (χ1) is 7.16. The number of carbonyl (C=O) groups excluding carboxylic acids is 1. The van der Waals surface area contributed by atoms with Gasteiger partial charge >= 0.3 is 0 Å². The van der Waals surface area contributed by atoms with Crippen LogP contribution >= 0.6 is 0 Å². The topological polar surface area (TPSA) is 38.3 Å². The van der Waals surface area contributed by atoms with E-state index in [0.717, 1.165) is 5.69 Å². The molecule has 15 heavy (non-hydrogen) atoms. The first-order valence-corrected chi connectivity index (χ1v) is 5.23. The fraction of sp³-hybridized carbons (Fsp3) is 0.417. The van der Waals surface area contributed by atoms with E-state index in [-0.39, 0.29) is 5.78 Å². The van der Waals surface area contributed by atoms with Gasteiger partial charge in [-0.05, 0) is 26.0 Å². The Bertz CT molecular complexity index is 385. The highest BCUT2D eigenvalue weighted by Crippen LogP contribution is 2.28. The van der Waals surface area contributed by atoms with Crippen LogP contribution in [0.5, 0.6) is 5.75 Å². The zero-order chi connectivity index (χ0) is 10.8. The quantitative estimate of drug-likeness (QED) is 0.806. The molecule has 2 rings (SSSR count). The highest BCUT2D eigenvalue weighted by Gasteiger charge is 2.18. The number of ether oxygens (including phenoxy) is 1. The highest BCUT2D eigenvalue weighted by atomic mass is 16.5. The summed E-state index contributed by atoms with van der Waals surface area (Å²) in [6.07, 6.45) is 0.490. The van der Waals surface area contributed by atoms with Crippen molar-refractivity contribution in [2.24, 2.45) is 0 Å². The molecular formula is C12H15NO2. The molecule has 3 nitrogen and oxygen atoms in total. The smallest absolute Gasteiger partial charge is 0.169 e. The molecule has 1 heterocycles. The first-order valence-electron chi connectivity index (χ1n) is 5.23. The van der Waals surface area contributed by atoms with E-state index >= 15 is 0 Å². The van der Waals surface area contributed by atoms with Crippen molar-refractivity contribution >= 4 is 11.5 Å². The summed E-state index contributed by atoms with van der Waals surface area (Å²) in [5, 5.41) is 3.28. The standard InChI is InChI=1S/C12H15NO2/c1-8(2)13-9-3-4-10-11(14)5-6-15-12(10)7-9/h3-4,7-8,13H,5-6H2,1-2H3. The Morgan fingerprint density at radius 1 is 1.40 bits per heavy atom. The Kier molecular flexibility index (Phi) is 2.62. The number of benzene rings is 1. The van der Waals surface area contributed by atoms with Gasteiger partial charge in [0, 0.05) is 24.2 Å². The van der Waals surface area contributed by atoms with E-state index in [0.29, 0.717) is 30.4 Å². The number of anilines is 1. The number of hydrogen-bond acceptors (Lipinski definition) is 3. The van der Waals surface area contributed by atoms with Crippen LogP contribution in [0, 0.1) is 0 Å². The molecule has 1 aromatic carbocycles. The molecule has 0 aliphatic carbocycles. The summed E-state index contributed by atoms with van der Waals surface area (Å²) in [5.74, 6) is 0.879. The molecule has 1 aliphatic rings. The third-order valence-electron chi connectivity index (χ3n) is 2.32. The molecular weight excluding hydrogens is 190 g/mol. The Morgan fingerprint density at radius 2 is 2.20 bits per heavy atom. The zero-order valence-electron chi connectivity index (χ0n) is 9.04. The predicted octanol–water partition coefficient (Wildman–Crippen LogP) is 2.47. The van der Waals surface area contributed by atoms with Crippen LogP contribution in [0.3, 0.4) is 0 Å². The maximum Gasteiger partial charge on any atom is 0.169 e. The lowest BCUT2D eigenvalue weighted by atomic mass is 10.0. The number of ketones is 1. The molecule has 0 atom stereocenters. The Morgan fingerprint density at radius 3 is 2.93 bits per heavy atom. The Balaban J connectivity index is 2.29. The average Bonchev–Trinajstić information content (AvgIpc) is 2.17. The van der Waals surface area contributed by atoms with Crippen LogP contribution in [0.25, 0.3) is 0 Å². The van der Waals surface area contributed by atoms with Crippen molar-refractivity contribution in [1.82, 2.24) is 0 Å². The van der Waals surface area contributed by atoms with Gasteiger partial charge in [-0.15, -0.1) is 0 Å². The first kappa shape index (κ1) is 10.0. The normalized spacial score (nSPS) is 14.7. The van der Waals surface area contributed by atoms with Gasteiger partial charge < -0.3 is 10.1 Å². The molecule has 0 aromatic heterocycles. The van der Waals surface area contributed by atoms with E-state index in [1.165, 1.54) is 0 Å². The molecule has 0 saturated carbocycles. The van der Waals surface area contributed by atoms with Gasteiger partial charge in [0.1, 0.15) is 5.75 Å². The van der Waals surface area contributed by atoms with Crippen molar-refractivity contribution in [2.45, 2.75) is 26.3 Å². The minimum atomic E-state index is 0.173. The molecule has 0 amide bonds. The van der Waals surface area contributed by atoms with E-state index in [4.69, 9.17) is 4.74 Å². The molecule has 80 valence electrons. The zero-order valence-corrected chi connectivity index (χ0v) is 9.04. The third-order valence-corrected chi connectivity index (χ3v) is 2.32. The maximum atomic E-state index is 11.5. The summed E-state index contributed by atoms with van der Waals surface area (Å²) >= 11 is 0. The molecule has 3 heteroatoms. The van der Waals surface area contributed by atoms with Crippen molar-refractivity contribution in [1.29, 1.82) is 0 Å². The van der Waals surface area contributed by atoms with E-state index in [9.17, 15) is 4.79 Å². The fourth-order valence-corrected chi connectivity index (χ4v) is 1.68. The monoisotopic (exact) mass is 205 g/mol. The third kappa shape index (κ3) is 2.12. The summed E-state index contributed by atoms with van der Waals surface area (Å²) in [7, 11) is 0. The van der Waals surface area contributed by atoms with Crippen LogP contribution in [0.4, 0.5) is 5.69 Å². The predicted molar refractivity (Wildman–Crippen MR) is 59.6 cm³/mol. The second-order valence-corrected chi connectivity index (χ2v) is 4.03. The van der Waals surface area contributed by atoms with Gasteiger partial charge in [-0.3, -0.25) is 4.79 Å². The van der Waals surface area contributed by atoms with Crippen molar-refractivity contribution in [3.63, 3.8) is 0 Å². The van der Waals surface area contributed by atoms with Crippen molar-refractivity contribution < 1.29 is 9.53 Å². The Labute approximate surface area is 89.4 Å². The minimum absolute atomic E-state index is 0.173. The van der Waals surface area contributed by atoms with E-state index in [2.05, 4.69) is 19.2 Å². The second-order valence-electron chi connectivity index (χ2n) is 4.03. The van der Waals surface area contributed by atoms with Crippen LogP contribution in [0.1, 0.15) is 30.6 Å². The number of hydrogen-bond donors (Lipinski definition) is 1. The number of fused-ring (bicyclic) bond motifs is 1. The Hall–Kier alpha value is -1.51. The van der Waals surface area contributed by atoms with Crippen LogP contribution < -0.4 is 10.1 Å². The van der Waals surface area contributed by atoms with Gasteiger partial charge in [-0.1, -0.05) is 0 Å². The molecule has 0 fully saturated rings.